The summed E-state index contributed by atoms with van der Waals surface area (Å²) in [4.78, 5) is 14.7. The van der Waals surface area contributed by atoms with E-state index >= 15 is 0 Å². The van der Waals surface area contributed by atoms with Crippen LogP contribution in [0.15, 0.2) is 22.7 Å². The van der Waals surface area contributed by atoms with Crippen LogP contribution >= 0.6 is 15.9 Å². The summed E-state index contributed by atoms with van der Waals surface area (Å²) in [5, 5.41) is 0. The fraction of sp³-hybridized carbons (Fsp3) is 0.533. The van der Waals surface area contributed by atoms with Crippen LogP contribution in [0, 0.1) is 5.92 Å². The molecule has 1 aromatic carbocycles. The minimum Gasteiger partial charge on any atom is -0.398 e. The fourth-order valence-corrected chi connectivity index (χ4v) is 2.88. The highest BCUT2D eigenvalue weighted by Crippen LogP contribution is 2.31. The van der Waals surface area contributed by atoms with Crippen LogP contribution in [-0.2, 0) is 4.74 Å². The van der Waals surface area contributed by atoms with Crippen molar-refractivity contribution in [3.8, 4) is 0 Å². The van der Waals surface area contributed by atoms with Gasteiger partial charge in [-0.2, -0.15) is 0 Å². The van der Waals surface area contributed by atoms with E-state index in [2.05, 4.69) is 15.9 Å². The third-order valence-corrected chi connectivity index (χ3v) is 4.69. The van der Waals surface area contributed by atoms with Crippen LogP contribution in [0.1, 0.15) is 29.6 Å². The van der Waals surface area contributed by atoms with E-state index in [-0.39, 0.29) is 5.91 Å². The van der Waals surface area contributed by atoms with Crippen molar-refractivity contribution in [1.29, 1.82) is 0 Å². The Kier molecular flexibility index (Phi) is 3.98. The van der Waals surface area contributed by atoms with Crippen LogP contribution in [-0.4, -0.2) is 36.6 Å². The molecule has 3 rings (SSSR count). The van der Waals surface area contributed by atoms with E-state index in [0.717, 1.165) is 43.5 Å². The van der Waals surface area contributed by atoms with Gasteiger partial charge in [0.25, 0.3) is 5.91 Å². The Labute approximate surface area is 127 Å². The number of nitrogen functional groups attached to an aromatic ring is 1. The number of hydrogen-bond donors (Lipinski definition) is 1. The number of carbonyl (C=O) groups is 1. The Morgan fingerprint density at radius 2 is 2.20 bits per heavy atom. The lowest BCUT2D eigenvalue weighted by molar-refractivity contribution is 0.0706. The van der Waals surface area contributed by atoms with E-state index in [1.165, 1.54) is 0 Å². The van der Waals surface area contributed by atoms with Crippen LogP contribution in [0.3, 0.4) is 0 Å². The van der Waals surface area contributed by atoms with Gasteiger partial charge in [-0.25, -0.2) is 0 Å². The predicted octanol–water partition coefficient (Wildman–Crippen LogP) is 2.67. The van der Waals surface area contributed by atoms with Gasteiger partial charge < -0.3 is 15.4 Å². The van der Waals surface area contributed by atoms with Crippen molar-refractivity contribution < 1.29 is 9.53 Å². The average molecular weight is 339 g/mol. The second kappa shape index (κ2) is 5.74. The molecule has 20 heavy (non-hydrogen) atoms. The number of rotatable bonds is 4. The molecule has 4 nitrogen and oxygen atoms in total. The molecule has 108 valence electrons. The third-order valence-electron chi connectivity index (χ3n) is 3.97. The second-order valence-electron chi connectivity index (χ2n) is 5.65. The lowest BCUT2D eigenvalue weighted by atomic mass is 10.1. The number of carbonyl (C=O) groups excluding carboxylic acids is 1. The van der Waals surface area contributed by atoms with Crippen molar-refractivity contribution >= 4 is 27.5 Å². The van der Waals surface area contributed by atoms with Gasteiger partial charge in [-0.3, -0.25) is 4.79 Å². The van der Waals surface area contributed by atoms with Crippen molar-refractivity contribution in [2.24, 2.45) is 5.92 Å². The van der Waals surface area contributed by atoms with Crippen LogP contribution < -0.4 is 5.73 Å². The smallest absolute Gasteiger partial charge is 0.254 e. The molecule has 1 amide bonds. The van der Waals surface area contributed by atoms with Gasteiger partial charge in [-0.15, -0.1) is 0 Å². The molecule has 2 fully saturated rings. The van der Waals surface area contributed by atoms with E-state index in [1.807, 2.05) is 17.0 Å². The molecule has 1 atom stereocenters. The molecule has 1 heterocycles. The number of hydrogen-bond acceptors (Lipinski definition) is 3. The SMILES string of the molecule is Nc1cc(C(=O)N(CC2CCOC2)C2CC2)ccc1Br. The number of nitrogens with zero attached hydrogens (tertiary/aromatic N) is 1. The van der Waals surface area contributed by atoms with Crippen LogP contribution in [0.2, 0.25) is 0 Å². The quantitative estimate of drug-likeness (QED) is 0.858. The molecule has 1 aliphatic heterocycles. The number of ether oxygens (including phenoxy) is 1. The Bertz CT molecular complexity index is 511. The van der Waals surface area contributed by atoms with Crippen molar-refractivity contribution in [1.82, 2.24) is 4.90 Å². The van der Waals surface area contributed by atoms with Gasteiger partial charge in [0.2, 0.25) is 0 Å². The predicted molar refractivity (Wildman–Crippen MR) is 81.5 cm³/mol. The molecule has 2 aliphatic rings. The standard InChI is InChI=1S/C15H19BrN2O2/c16-13-4-1-11(7-14(13)17)15(19)18(12-2-3-12)8-10-5-6-20-9-10/h1,4,7,10,12H,2-3,5-6,8-9,17H2. The molecule has 5 heteroatoms. The molecule has 1 aromatic rings. The minimum absolute atomic E-state index is 0.0959. The van der Waals surface area contributed by atoms with Gasteiger partial charge in [0.1, 0.15) is 0 Å². The highest BCUT2D eigenvalue weighted by atomic mass is 79.9. The molecule has 1 saturated carbocycles. The summed E-state index contributed by atoms with van der Waals surface area (Å²) in [5.41, 5.74) is 7.16. The van der Waals surface area contributed by atoms with E-state index in [1.54, 1.807) is 6.07 Å². The summed E-state index contributed by atoms with van der Waals surface area (Å²) >= 11 is 3.36. The van der Waals surface area contributed by atoms with Crippen LogP contribution in [0.5, 0.6) is 0 Å². The third kappa shape index (κ3) is 2.99. The van der Waals surface area contributed by atoms with Crippen molar-refractivity contribution in [2.45, 2.75) is 25.3 Å². The molecular formula is C15H19BrN2O2. The van der Waals surface area contributed by atoms with Gasteiger partial charge in [-0.05, 0) is 53.4 Å². The maximum Gasteiger partial charge on any atom is 0.254 e. The number of amides is 1. The van der Waals surface area contributed by atoms with E-state index < -0.39 is 0 Å². The zero-order valence-electron chi connectivity index (χ0n) is 11.3. The maximum absolute atomic E-state index is 12.7. The zero-order chi connectivity index (χ0) is 14.1. The molecule has 1 saturated heterocycles. The van der Waals surface area contributed by atoms with Gasteiger partial charge in [0, 0.05) is 40.8 Å². The molecular weight excluding hydrogens is 320 g/mol. The van der Waals surface area contributed by atoms with Crippen LogP contribution in [0.25, 0.3) is 0 Å². The van der Waals surface area contributed by atoms with Crippen molar-refractivity contribution in [3.63, 3.8) is 0 Å². The number of halogens is 1. The first-order valence-corrected chi connectivity index (χ1v) is 7.88. The molecule has 0 spiro atoms. The van der Waals surface area contributed by atoms with Crippen molar-refractivity contribution in [3.05, 3.63) is 28.2 Å². The Morgan fingerprint density at radius 1 is 1.40 bits per heavy atom. The highest BCUT2D eigenvalue weighted by molar-refractivity contribution is 9.10. The maximum atomic E-state index is 12.7. The summed E-state index contributed by atoms with van der Waals surface area (Å²) in [6.07, 6.45) is 3.29. The Hall–Kier alpha value is -1.07. The number of anilines is 1. The zero-order valence-corrected chi connectivity index (χ0v) is 12.9. The molecule has 0 bridgehead atoms. The largest absolute Gasteiger partial charge is 0.398 e. The Balaban J connectivity index is 1.75. The first-order valence-electron chi connectivity index (χ1n) is 7.09. The lowest BCUT2D eigenvalue weighted by Gasteiger charge is -2.25. The summed E-state index contributed by atoms with van der Waals surface area (Å²) in [7, 11) is 0. The number of benzene rings is 1. The van der Waals surface area contributed by atoms with Crippen LogP contribution in [0.4, 0.5) is 5.69 Å². The molecule has 1 unspecified atom stereocenters. The highest BCUT2D eigenvalue weighted by Gasteiger charge is 2.35. The van der Waals surface area contributed by atoms with Gasteiger partial charge in [0.05, 0.1) is 6.61 Å². The summed E-state index contributed by atoms with van der Waals surface area (Å²) < 4.78 is 6.24. The van der Waals surface area contributed by atoms with E-state index in [9.17, 15) is 4.79 Å². The first-order chi connectivity index (χ1) is 9.65. The van der Waals surface area contributed by atoms with E-state index in [0.29, 0.717) is 23.2 Å². The van der Waals surface area contributed by atoms with Crippen molar-refractivity contribution in [2.75, 3.05) is 25.5 Å². The minimum atomic E-state index is 0.0959. The van der Waals surface area contributed by atoms with Gasteiger partial charge in [-0.1, -0.05) is 0 Å². The van der Waals surface area contributed by atoms with Gasteiger partial charge in [0.15, 0.2) is 0 Å². The molecule has 1 aliphatic carbocycles. The monoisotopic (exact) mass is 338 g/mol. The number of nitrogens with two attached hydrogens (primary N) is 1. The fourth-order valence-electron chi connectivity index (χ4n) is 2.63. The summed E-state index contributed by atoms with van der Waals surface area (Å²) in [5.74, 6) is 0.575. The molecule has 2 N–H and O–H groups in total. The Morgan fingerprint density at radius 3 is 2.80 bits per heavy atom. The average Bonchev–Trinajstić information content (AvgIpc) is 3.15. The lowest BCUT2D eigenvalue weighted by Crippen LogP contribution is -2.37. The summed E-state index contributed by atoms with van der Waals surface area (Å²) in [6.45, 7) is 2.40. The first kappa shape index (κ1) is 13.9. The molecule has 0 radical (unpaired) electrons. The van der Waals surface area contributed by atoms with Gasteiger partial charge >= 0.3 is 0 Å². The molecule has 0 aromatic heterocycles. The van der Waals surface area contributed by atoms with E-state index in [4.69, 9.17) is 10.5 Å². The normalized spacial score (nSPS) is 21.9. The second-order valence-corrected chi connectivity index (χ2v) is 6.51. The topological polar surface area (TPSA) is 55.6 Å². The summed E-state index contributed by atoms with van der Waals surface area (Å²) in [6, 6.07) is 5.84.